The van der Waals surface area contributed by atoms with Crippen LogP contribution in [-0.2, 0) is 17.6 Å². The van der Waals surface area contributed by atoms with Crippen molar-refractivity contribution in [1.29, 1.82) is 5.41 Å². The topological polar surface area (TPSA) is 68.6 Å². The van der Waals surface area contributed by atoms with Crippen LogP contribution in [0.15, 0.2) is 65.3 Å². The first-order valence-corrected chi connectivity index (χ1v) is 11.1. The number of aryl methyl sites for hydroxylation is 1. The molecule has 5 nitrogen and oxygen atoms in total. The monoisotopic (exact) mass is 489 g/mol. The summed E-state index contributed by atoms with van der Waals surface area (Å²) in [5, 5.41) is 10.8. The van der Waals surface area contributed by atoms with Gasteiger partial charge in [0, 0.05) is 18.9 Å². The number of hydrogen-bond donors (Lipinski definition) is 2. The standard InChI is InChI=1S/C21H30FN4O.C6H5.K/c1-6-8-19(20(23)24-5)26(21(3,4)14-25-15-27)12-11-17-13-16(7-2)9-10-18(17)22;1-2-4-6-5-3-1;/h5,8-10,13,15,23H,6-7,11-12,14H2,1-4H3,(H,25,27);1-5H;/q2*-1;+1/b19-8+,23-20?;;. The van der Waals surface area contributed by atoms with E-state index < -0.39 is 5.54 Å². The minimum absolute atomic E-state index is 0. The third-order valence-corrected chi connectivity index (χ3v) is 5.14. The maximum Gasteiger partial charge on any atom is 1.00 e. The third-order valence-electron chi connectivity index (χ3n) is 5.14. The molecular formula is C27H35FKN4O-. The summed E-state index contributed by atoms with van der Waals surface area (Å²) < 4.78 is 14.3. The Morgan fingerprint density at radius 3 is 2.41 bits per heavy atom. The van der Waals surface area contributed by atoms with Gasteiger partial charge in [-0.3, -0.25) is 4.79 Å². The van der Waals surface area contributed by atoms with E-state index in [2.05, 4.69) is 16.4 Å². The Morgan fingerprint density at radius 1 is 1.26 bits per heavy atom. The number of halogens is 1. The van der Waals surface area contributed by atoms with Crippen molar-refractivity contribution in [2.75, 3.05) is 13.1 Å². The van der Waals surface area contributed by atoms with Crippen LogP contribution in [0.1, 0.15) is 45.2 Å². The van der Waals surface area contributed by atoms with Gasteiger partial charge in [0.15, 0.2) is 0 Å². The zero-order valence-corrected chi connectivity index (χ0v) is 24.2. The molecule has 0 saturated heterocycles. The summed E-state index contributed by atoms with van der Waals surface area (Å²) in [6, 6.07) is 17.7. The van der Waals surface area contributed by atoms with Crippen molar-refractivity contribution in [3.05, 3.63) is 83.3 Å². The number of nitrogens with zero attached hydrogens (tertiary/aromatic N) is 2. The number of carbonyl (C=O) groups is 1. The van der Waals surface area contributed by atoms with Crippen molar-refractivity contribution in [3.63, 3.8) is 0 Å². The number of amides is 1. The summed E-state index contributed by atoms with van der Waals surface area (Å²) in [6.07, 6.45) is 4.51. The van der Waals surface area contributed by atoms with Crippen molar-refractivity contribution < 1.29 is 60.6 Å². The third kappa shape index (κ3) is 11.2. The van der Waals surface area contributed by atoms with Gasteiger partial charge in [0.1, 0.15) is 5.82 Å². The molecule has 0 atom stereocenters. The predicted molar refractivity (Wildman–Crippen MR) is 134 cm³/mol. The predicted octanol–water partition coefficient (Wildman–Crippen LogP) is 2.10. The minimum atomic E-state index is -0.516. The van der Waals surface area contributed by atoms with Crippen LogP contribution in [-0.4, -0.2) is 42.5 Å². The van der Waals surface area contributed by atoms with E-state index in [0.717, 1.165) is 12.0 Å². The van der Waals surface area contributed by atoms with Crippen LogP contribution in [0.3, 0.4) is 0 Å². The average Bonchev–Trinajstić information content (AvgIpc) is 2.84. The fourth-order valence-corrected chi connectivity index (χ4v) is 3.34. The van der Waals surface area contributed by atoms with Crippen molar-refractivity contribution in [1.82, 2.24) is 10.2 Å². The zero-order chi connectivity index (χ0) is 24.7. The molecule has 0 heterocycles. The van der Waals surface area contributed by atoms with Gasteiger partial charge in [-0.1, -0.05) is 32.1 Å². The number of carbonyl (C=O) groups excluding carboxylic acids is 1. The maximum absolute atomic E-state index is 14.3. The first kappa shape index (κ1) is 32.4. The Balaban J connectivity index is 0.00000134. The molecule has 0 aliphatic rings. The molecule has 0 saturated carbocycles. The van der Waals surface area contributed by atoms with Crippen LogP contribution in [0.4, 0.5) is 4.39 Å². The van der Waals surface area contributed by atoms with Gasteiger partial charge in [0.25, 0.3) is 0 Å². The molecule has 0 bridgehead atoms. The smallest absolute Gasteiger partial charge is 0.443 e. The Hall–Kier alpha value is -1.64. The van der Waals surface area contributed by atoms with E-state index in [4.69, 9.17) is 12.1 Å². The molecule has 34 heavy (non-hydrogen) atoms. The normalized spacial score (nSPS) is 10.8. The van der Waals surface area contributed by atoms with Gasteiger partial charge in [0.2, 0.25) is 6.41 Å². The summed E-state index contributed by atoms with van der Waals surface area (Å²) in [6.45, 7) is 14.1. The van der Waals surface area contributed by atoms with Crippen LogP contribution >= 0.6 is 0 Å². The van der Waals surface area contributed by atoms with Crippen LogP contribution in [0.2, 0.25) is 0 Å². The van der Waals surface area contributed by atoms with Gasteiger partial charge in [-0.15, -0.1) is 0 Å². The van der Waals surface area contributed by atoms with E-state index in [1.54, 1.807) is 6.07 Å². The molecule has 2 rings (SSSR count). The zero-order valence-electron chi connectivity index (χ0n) is 21.1. The molecule has 178 valence electrons. The number of aliphatic imine (C=N–C) groups is 1. The maximum atomic E-state index is 14.3. The number of amidine groups is 1. The molecule has 0 unspecified atom stereocenters. The van der Waals surface area contributed by atoms with Gasteiger partial charge < -0.3 is 20.6 Å². The number of allylic oxidation sites excluding steroid dienone is 1. The van der Waals surface area contributed by atoms with E-state index in [1.807, 2.05) is 75.1 Å². The van der Waals surface area contributed by atoms with E-state index in [0.29, 0.717) is 43.6 Å². The van der Waals surface area contributed by atoms with E-state index in [-0.39, 0.29) is 63.0 Å². The van der Waals surface area contributed by atoms with Crippen LogP contribution in [0, 0.1) is 17.3 Å². The van der Waals surface area contributed by atoms with Crippen molar-refractivity contribution >= 4 is 19.0 Å². The van der Waals surface area contributed by atoms with E-state index in [9.17, 15) is 9.18 Å². The quantitative estimate of drug-likeness (QED) is 0.167. The summed E-state index contributed by atoms with van der Waals surface area (Å²) >= 11 is 0. The van der Waals surface area contributed by atoms with Crippen molar-refractivity contribution in [2.24, 2.45) is 4.99 Å². The van der Waals surface area contributed by atoms with Crippen molar-refractivity contribution in [3.8, 4) is 0 Å². The van der Waals surface area contributed by atoms with Gasteiger partial charge >= 0.3 is 51.4 Å². The van der Waals surface area contributed by atoms with Crippen LogP contribution < -0.4 is 56.7 Å². The minimum Gasteiger partial charge on any atom is -0.443 e. The second-order valence-corrected chi connectivity index (χ2v) is 8.04. The second-order valence-electron chi connectivity index (χ2n) is 8.04. The number of hydrogen-bond acceptors (Lipinski definition) is 3. The number of benzene rings is 2. The molecule has 2 N–H and O–H groups in total. The number of nitrogens with one attached hydrogen (secondary N) is 2. The van der Waals surface area contributed by atoms with Crippen LogP contribution in [0.25, 0.3) is 0 Å². The molecule has 0 fully saturated rings. The molecule has 0 aliphatic carbocycles. The average molecular weight is 490 g/mol. The van der Waals surface area contributed by atoms with Crippen molar-refractivity contribution in [2.45, 2.75) is 52.5 Å². The Bertz CT molecular complexity index is 889. The van der Waals surface area contributed by atoms with Gasteiger partial charge in [-0.2, -0.15) is 43.1 Å². The fourth-order valence-electron chi connectivity index (χ4n) is 3.34. The molecular weight excluding hydrogens is 454 g/mol. The van der Waals surface area contributed by atoms with Crippen LogP contribution in [0.5, 0.6) is 0 Å². The molecule has 0 aliphatic heterocycles. The fraction of sp³-hybridized carbons (Fsp3) is 0.370. The molecule has 0 radical (unpaired) electrons. The summed E-state index contributed by atoms with van der Waals surface area (Å²) in [5.74, 6) is -0.283. The summed E-state index contributed by atoms with van der Waals surface area (Å²) in [4.78, 5) is 16.3. The number of rotatable bonds is 11. The van der Waals surface area contributed by atoms with E-state index >= 15 is 0 Å². The summed E-state index contributed by atoms with van der Waals surface area (Å²) in [5.41, 5.74) is 1.77. The first-order valence-electron chi connectivity index (χ1n) is 11.1. The SMILES string of the molecule is [CH-]=NC(=N)/C(=C\CC)N(CCc1cc(CC)ccc1F)C(C)(C)CNC=O.[K+].[c-]1ccccc1. The Labute approximate surface area is 246 Å². The van der Waals surface area contributed by atoms with E-state index in [1.165, 1.54) is 6.07 Å². The Morgan fingerprint density at radius 2 is 1.94 bits per heavy atom. The molecule has 2 aromatic rings. The molecule has 2 aromatic carbocycles. The summed E-state index contributed by atoms with van der Waals surface area (Å²) in [7, 11) is 0. The Kier molecular flexibility index (Phi) is 16.9. The van der Waals surface area contributed by atoms with Gasteiger partial charge in [-0.05, 0) is 56.0 Å². The molecule has 0 aromatic heterocycles. The molecule has 0 spiro atoms. The van der Waals surface area contributed by atoms with Gasteiger partial charge in [0.05, 0.1) is 5.54 Å². The molecule has 1 amide bonds. The second kappa shape index (κ2) is 17.7. The van der Waals surface area contributed by atoms with Gasteiger partial charge in [-0.25, -0.2) is 4.39 Å². The first-order chi connectivity index (χ1) is 15.8. The largest absolute Gasteiger partial charge is 1.00 e. The molecule has 7 heteroatoms.